The molecule has 0 atom stereocenters. The molecular formula is C28H25ClF3N5O4. The van der Waals surface area contributed by atoms with Gasteiger partial charge in [0.05, 0.1) is 28.9 Å². The third-order valence-corrected chi connectivity index (χ3v) is 7.13. The van der Waals surface area contributed by atoms with Gasteiger partial charge in [0, 0.05) is 44.5 Å². The lowest BCUT2D eigenvalue weighted by Gasteiger charge is -2.17. The summed E-state index contributed by atoms with van der Waals surface area (Å²) in [7, 11) is 3.25. The van der Waals surface area contributed by atoms with Crippen molar-refractivity contribution in [2.75, 3.05) is 26.0 Å². The van der Waals surface area contributed by atoms with Crippen LogP contribution in [0.2, 0.25) is 5.02 Å². The summed E-state index contributed by atoms with van der Waals surface area (Å²) in [4.78, 5) is 35.1. The lowest BCUT2D eigenvalue weighted by molar-refractivity contribution is -0.139. The topological polar surface area (TPSA) is 106 Å². The summed E-state index contributed by atoms with van der Waals surface area (Å²) in [6.07, 6.45) is -1.01. The molecule has 0 fully saturated rings. The zero-order valence-electron chi connectivity index (χ0n) is 22.3. The third kappa shape index (κ3) is 5.78. The van der Waals surface area contributed by atoms with E-state index < -0.39 is 23.5 Å². The fraction of sp³-hybridized carbons (Fsp3) is 0.286. The Hall–Kier alpha value is -4.32. The number of nitrogens with zero attached hydrogens (tertiary/aromatic N) is 3. The molecule has 2 heterocycles. The maximum Gasteiger partial charge on any atom is 0.423 e. The zero-order valence-corrected chi connectivity index (χ0v) is 23.0. The number of fused-ring (bicyclic) bond motifs is 1. The number of nitrogens with one attached hydrogen (secondary N) is 2. The number of carbonyl (C=O) groups is 2. The van der Waals surface area contributed by atoms with Crippen molar-refractivity contribution in [3.63, 3.8) is 0 Å². The number of hydrogen-bond acceptors (Lipinski definition) is 8. The summed E-state index contributed by atoms with van der Waals surface area (Å²) in [5.74, 6) is -1.53. The van der Waals surface area contributed by atoms with Gasteiger partial charge in [-0.15, -0.1) is 0 Å². The van der Waals surface area contributed by atoms with E-state index in [0.717, 1.165) is 23.4 Å². The van der Waals surface area contributed by atoms with Gasteiger partial charge in [-0.1, -0.05) is 17.7 Å². The van der Waals surface area contributed by atoms with Crippen LogP contribution >= 0.6 is 11.6 Å². The van der Waals surface area contributed by atoms with Crippen molar-refractivity contribution in [3.05, 3.63) is 75.2 Å². The molecule has 1 aliphatic carbocycles. The first kappa shape index (κ1) is 28.2. The SMILES string of the molecule is COc1cc(C(=O)NC2=CN(C)CC2)c(Cl)cc1Nc1ncc(C(F)(F)F)c(Oc2ccc(C)c3c2C(=O)CC3)n1. The van der Waals surface area contributed by atoms with Gasteiger partial charge in [0.1, 0.15) is 17.1 Å². The normalized spacial score (nSPS) is 14.6. The predicted molar refractivity (Wildman–Crippen MR) is 145 cm³/mol. The van der Waals surface area contributed by atoms with Gasteiger partial charge in [-0.2, -0.15) is 18.2 Å². The molecule has 13 heteroatoms. The van der Waals surface area contributed by atoms with E-state index in [9.17, 15) is 22.8 Å². The van der Waals surface area contributed by atoms with Crippen molar-refractivity contribution >= 4 is 34.9 Å². The average Bonchev–Trinajstić information content (AvgIpc) is 3.50. The van der Waals surface area contributed by atoms with Gasteiger partial charge in [0.2, 0.25) is 11.8 Å². The fourth-order valence-electron chi connectivity index (χ4n) is 4.72. The van der Waals surface area contributed by atoms with Crippen molar-refractivity contribution in [3.8, 4) is 17.4 Å². The molecule has 3 aromatic rings. The maximum absolute atomic E-state index is 13.9. The number of carbonyl (C=O) groups excluding carboxylic acids is 2. The molecular weight excluding hydrogens is 563 g/mol. The minimum absolute atomic E-state index is 0.0113. The number of anilines is 2. The Labute approximate surface area is 238 Å². The summed E-state index contributed by atoms with van der Waals surface area (Å²) in [6.45, 7) is 2.60. The monoisotopic (exact) mass is 587 g/mol. The highest BCUT2D eigenvalue weighted by molar-refractivity contribution is 6.34. The molecule has 1 aromatic heterocycles. The molecule has 2 aromatic carbocycles. The van der Waals surface area contributed by atoms with Gasteiger partial charge in [0.15, 0.2) is 5.78 Å². The standard InChI is InChI=1S/C28H25ClF3N5O4/c1-14-4-7-22(24-16(14)5-6-21(24)38)41-26-18(28(30,31)32)12-33-27(36-26)35-20-11-19(29)17(10-23(20)40-3)25(39)34-15-8-9-37(2)13-15/h4,7,10-13H,5-6,8-9H2,1-3H3,(H,34,39)(H,33,35,36). The molecule has 0 saturated carbocycles. The highest BCUT2D eigenvalue weighted by atomic mass is 35.5. The van der Waals surface area contributed by atoms with E-state index in [2.05, 4.69) is 20.6 Å². The number of ketones is 1. The zero-order chi connectivity index (χ0) is 29.5. The molecule has 41 heavy (non-hydrogen) atoms. The molecule has 9 nitrogen and oxygen atoms in total. The van der Waals surface area contributed by atoms with E-state index in [1.54, 1.807) is 6.07 Å². The molecule has 1 aliphatic heterocycles. The summed E-state index contributed by atoms with van der Waals surface area (Å²) >= 11 is 6.41. The third-order valence-electron chi connectivity index (χ3n) is 6.82. The first-order valence-corrected chi connectivity index (χ1v) is 13.0. The lowest BCUT2D eigenvalue weighted by atomic mass is 10.0. The quantitative estimate of drug-likeness (QED) is 0.345. The second-order valence-corrected chi connectivity index (χ2v) is 10.1. The first-order chi connectivity index (χ1) is 19.4. The van der Waals surface area contributed by atoms with Gasteiger partial charge in [0.25, 0.3) is 5.91 Å². The van der Waals surface area contributed by atoms with Gasteiger partial charge in [-0.3, -0.25) is 9.59 Å². The van der Waals surface area contributed by atoms with Crippen LogP contribution in [-0.4, -0.2) is 47.3 Å². The van der Waals surface area contributed by atoms with E-state index in [4.69, 9.17) is 21.1 Å². The number of rotatable bonds is 7. The Balaban J connectivity index is 1.46. The summed E-state index contributed by atoms with van der Waals surface area (Å²) < 4.78 is 52.6. The van der Waals surface area contributed by atoms with E-state index in [-0.39, 0.29) is 51.5 Å². The van der Waals surface area contributed by atoms with Crippen molar-refractivity contribution in [2.45, 2.75) is 32.4 Å². The molecule has 1 amide bonds. The van der Waals surface area contributed by atoms with E-state index in [1.165, 1.54) is 25.3 Å². The summed E-state index contributed by atoms with van der Waals surface area (Å²) in [5, 5.41) is 5.66. The van der Waals surface area contributed by atoms with Gasteiger partial charge < -0.3 is 25.0 Å². The van der Waals surface area contributed by atoms with Gasteiger partial charge in [-0.05, 0) is 42.7 Å². The number of benzene rings is 2. The van der Waals surface area contributed by atoms with Crippen LogP contribution in [0.25, 0.3) is 0 Å². The Morgan fingerprint density at radius 2 is 1.93 bits per heavy atom. The maximum atomic E-state index is 13.9. The first-order valence-electron chi connectivity index (χ1n) is 12.6. The molecule has 2 N–H and O–H groups in total. The number of amides is 1. The molecule has 0 unspecified atom stereocenters. The van der Waals surface area contributed by atoms with Crippen LogP contribution in [0.4, 0.5) is 24.8 Å². The van der Waals surface area contributed by atoms with Gasteiger partial charge in [-0.25, -0.2) is 4.98 Å². The Kier molecular flexibility index (Phi) is 7.52. The molecule has 2 aliphatic rings. The predicted octanol–water partition coefficient (Wildman–Crippen LogP) is 6.04. The van der Waals surface area contributed by atoms with E-state index >= 15 is 0 Å². The number of ether oxygens (including phenoxy) is 2. The molecule has 0 spiro atoms. The smallest absolute Gasteiger partial charge is 0.423 e. The van der Waals surface area contributed by atoms with Crippen molar-refractivity contribution in [1.29, 1.82) is 0 Å². The average molecular weight is 588 g/mol. The number of aryl methyl sites for hydroxylation is 1. The number of hydrogen-bond donors (Lipinski definition) is 2. The highest BCUT2D eigenvalue weighted by Gasteiger charge is 2.37. The number of methoxy groups -OCH3 is 1. The number of alkyl halides is 3. The highest BCUT2D eigenvalue weighted by Crippen LogP contribution is 2.41. The molecule has 214 valence electrons. The molecule has 0 radical (unpaired) electrons. The fourth-order valence-corrected chi connectivity index (χ4v) is 4.97. The van der Waals surface area contributed by atoms with Crippen molar-refractivity contribution in [1.82, 2.24) is 20.2 Å². The lowest BCUT2D eigenvalue weighted by Crippen LogP contribution is -2.22. The Morgan fingerprint density at radius 3 is 2.61 bits per heavy atom. The van der Waals surface area contributed by atoms with Crippen molar-refractivity contribution in [2.24, 2.45) is 0 Å². The second-order valence-electron chi connectivity index (χ2n) is 9.67. The van der Waals surface area contributed by atoms with Crippen LogP contribution in [0.3, 0.4) is 0 Å². The van der Waals surface area contributed by atoms with Crippen LogP contribution in [0.15, 0.2) is 42.4 Å². The Morgan fingerprint density at radius 1 is 1.15 bits per heavy atom. The van der Waals surface area contributed by atoms with Crippen LogP contribution in [-0.2, 0) is 12.6 Å². The largest absolute Gasteiger partial charge is 0.495 e. The molecule has 5 rings (SSSR count). The van der Waals surface area contributed by atoms with E-state index in [0.29, 0.717) is 19.0 Å². The van der Waals surface area contributed by atoms with Crippen molar-refractivity contribution < 1.29 is 32.2 Å². The number of halogens is 4. The molecule has 0 bridgehead atoms. The Bertz CT molecular complexity index is 1590. The van der Waals surface area contributed by atoms with Crippen LogP contribution in [0, 0.1) is 6.92 Å². The number of Topliss-reactive ketones (excluding diaryl/α,β-unsaturated/α-hetero) is 1. The van der Waals surface area contributed by atoms with Crippen LogP contribution < -0.4 is 20.1 Å². The van der Waals surface area contributed by atoms with Crippen LogP contribution in [0.1, 0.15) is 50.2 Å². The number of aromatic nitrogens is 2. The summed E-state index contributed by atoms with van der Waals surface area (Å²) in [6, 6.07) is 5.94. The summed E-state index contributed by atoms with van der Waals surface area (Å²) in [5.41, 5.74) is 1.72. The minimum atomic E-state index is -4.83. The van der Waals surface area contributed by atoms with Crippen LogP contribution in [0.5, 0.6) is 17.4 Å². The molecule has 0 saturated heterocycles. The minimum Gasteiger partial charge on any atom is -0.495 e. The van der Waals surface area contributed by atoms with E-state index in [1.807, 2.05) is 25.1 Å². The van der Waals surface area contributed by atoms with Gasteiger partial charge >= 0.3 is 6.18 Å². The second kappa shape index (κ2) is 10.9.